The van der Waals surface area contributed by atoms with Gasteiger partial charge in [0.2, 0.25) is 0 Å². The molecule has 3 rings (SSSR count). The minimum atomic E-state index is -4.42. The molecule has 2 atom stereocenters. The summed E-state index contributed by atoms with van der Waals surface area (Å²) >= 11 is 1.36. The maximum atomic E-state index is 13.8. The van der Waals surface area contributed by atoms with Gasteiger partial charge in [-0.25, -0.2) is 4.31 Å². The van der Waals surface area contributed by atoms with Gasteiger partial charge < -0.3 is 24.3 Å². The van der Waals surface area contributed by atoms with E-state index in [0.717, 1.165) is 0 Å². The fourth-order valence-electron chi connectivity index (χ4n) is 3.64. The first-order chi connectivity index (χ1) is 13.8. The summed E-state index contributed by atoms with van der Waals surface area (Å²) < 4.78 is 53.6. The molecule has 0 aliphatic carbocycles. The molecule has 2 fully saturated rings. The Morgan fingerprint density at radius 1 is 1.28 bits per heavy atom. The van der Waals surface area contributed by atoms with Crippen LogP contribution in [-0.4, -0.2) is 86.4 Å². The lowest BCUT2D eigenvalue weighted by Crippen LogP contribution is -2.58. The van der Waals surface area contributed by atoms with Crippen LogP contribution in [0.15, 0.2) is 16.9 Å². The van der Waals surface area contributed by atoms with Gasteiger partial charge in [-0.05, 0) is 6.92 Å². The summed E-state index contributed by atoms with van der Waals surface area (Å²) in [5.74, 6) is 0.803. The average Bonchev–Trinajstić information content (AvgIpc) is 2.67. The molecule has 0 aromatic carbocycles. The molecule has 1 aromatic rings. The Bertz CT molecular complexity index is 733. The van der Waals surface area contributed by atoms with Gasteiger partial charge in [-0.15, -0.1) is 0 Å². The molecule has 0 saturated carbocycles. The molecule has 1 aromatic heterocycles. The molecule has 2 unspecified atom stereocenters. The largest absolute Gasteiger partial charge is 0.410 e. The molecule has 1 N–H and O–H groups in total. The predicted molar refractivity (Wildman–Crippen MR) is 108 cm³/mol. The standard InChI is InChI=1S/C18H27F3N4O3S/c1-13-12-28-6-5-24(13)14-9-16(22-17(26)10-14)25-4-3-23(29-8-7-27-2)11-15(25)18(19,20)21/h9-10,13,15H,3-8,11-12H2,1-2H3,(H,22,26). The number of hydrogen-bond donors (Lipinski definition) is 1. The van der Waals surface area contributed by atoms with Gasteiger partial charge in [-0.2, -0.15) is 13.2 Å². The van der Waals surface area contributed by atoms with Crippen LogP contribution in [-0.2, 0) is 9.47 Å². The number of aromatic amines is 1. The van der Waals surface area contributed by atoms with Crippen LogP contribution in [0.1, 0.15) is 6.92 Å². The van der Waals surface area contributed by atoms with E-state index in [2.05, 4.69) is 4.98 Å². The second-order valence-corrected chi connectivity index (χ2v) is 8.35. The molecule has 0 amide bonds. The fourth-order valence-corrected chi connectivity index (χ4v) is 4.60. The zero-order valence-corrected chi connectivity index (χ0v) is 17.4. The van der Waals surface area contributed by atoms with Gasteiger partial charge in [0, 0.05) is 62.9 Å². The monoisotopic (exact) mass is 436 g/mol. The molecule has 0 radical (unpaired) electrons. The third kappa shape index (κ3) is 5.59. The van der Waals surface area contributed by atoms with E-state index in [0.29, 0.717) is 44.4 Å². The smallest absolute Gasteiger partial charge is 0.384 e. The number of hydrogen-bond acceptors (Lipinski definition) is 7. The number of nitrogens with one attached hydrogen (secondary N) is 1. The van der Waals surface area contributed by atoms with Crippen LogP contribution >= 0.6 is 11.9 Å². The first kappa shape index (κ1) is 22.3. The molecule has 11 heteroatoms. The van der Waals surface area contributed by atoms with E-state index in [4.69, 9.17) is 9.47 Å². The van der Waals surface area contributed by atoms with Crippen LogP contribution in [0, 0.1) is 0 Å². The first-order valence-electron chi connectivity index (χ1n) is 9.58. The third-order valence-electron chi connectivity index (χ3n) is 5.11. The highest BCUT2D eigenvalue weighted by Gasteiger charge is 2.47. The number of anilines is 2. The minimum absolute atomic E-state index is 0.0471. The number of alkyl halides is 3. The molecule has 2 aliphatic rings. The third-order valence-corrected chi connectivity index (χ3v) is 6.15. The summed E-state index contributed by atoms with van der Waals surface area (Å²) in [5, 5.41) is 0. The zero-order valence-electron chi connectivity index (χ0n) is 16.6. The minimum Gasteiger partial charge on any atom is -0.384 e. The van der Waals surface area contributed by atoms with Crippen LogP contribution in [0.3, 0.4) is 0 Å². The Morgan fingerprint density at radius 3 is 2.76 bits per heavy atom. The highest BCUT2D eigenvalue weighted by atomic mass is 32.2. The lowest BCUT2D eigenvalue weighted by molar-refractivity contribution is -0.153. The van der Waals surface area contributed by atoms with E-state index in [1.54, 1.807) is 17.5 Å². The van der Waals surface area contributed by atoms with Crippen molar-refractivity contribution in [3.8, 4) is 0 Å². The lowest BCUT2D eigenvalue weighted by atomic mass is 10.1. The van der Waals surface area contributed by atoms with Gasteiger partial charge in [-0.3, -0.25) is 4.79 Å². The quantitative estimate of drug-likeness (QED) is 0.540. The number of nitrogens with zero attached hydrogens (tertiary/aromatic N) is 3. The number of pyridine rings is 1. The number of methoxy groups -OCH3 is 1. The first-order valence-corrected chi connectivity index (χ1v) is 10.5. The zero-order chi connectivity index (χ0) is 21.0. The van der Waals surface area contributed by atoms with Gasteiger partial charge in [-0.1, -0.05) is 11.9 Å². The second-order valence-electron chi connectivity index (χ2n) is 7.17. The highest BCUT2D eigenvalue weighted by Crippen LogP contribution is 2.33. The number of H-pyrrole nitrogens is 1. The van der Waals surface area contributed by atoms with Crippen molar-refractivity contribution in [3.05, 3.63) is 22.5 Å². The second kappa shape index (κ2) is 9.59. The van der Waals surface area contributed by atoms with E-state index in [1.165, 1.54) is 22.9 Å². The number of rotatable bonds is 6. The Kier molecular flexibility index (Phi) is 7.36. The summed E-state index contributed by atoms with van der Waals surface area (Å²) in [6.07, 6.45) is -4.42. The number of aromatic nitrogens is 1. The van der Waals surface area contributed by atoms with Gasteiger partial charge >= 0.3 is 6.18 Å². The average molecular weight is 437 g/mol. The van der Waals surface area contributed by atoms with Gasteiger partial charge in [0.05, 0.1) is 19.8 Å². The fraction of sp³-hybridized carbons (Fsp3) is 0.722. The Labute approximate surface area is 172 Å². The lowest BCUT2D eigenvalue weighted by Gasteiger charge is -2.43. The molecule has 164 valence electrons. The van der Waals surface area contributed by atoms with E-state index < -0.39 is 17.8 Å². The van der Waals surface area contributed by atoms with Crippen LogP contribution in [0.5, 0.6) is 0 Å². The van der Waals surface area contributed by atoms with Crippen LogP contribution in [0.4, 0.5) is 24.7 Å². The van der Waals surface area contributed by atoms with Crippen molar-refractivity contribution in [2.75, 3.05) is 68.7 Å². The molecule has 29 heavy (non-hydrogen) atoms. The molecule has 3 heterocycles. The van der Waals surface area contributed by atoms with Gasteiger partial charge in [0.1, 0.15) is 11.9 Å². The summed E-state index contributed by atoms with van der Waals surface area (Å²) in [5.41, 5.74) is 0.214. The highest BCUT2D eigenvalue weighted by molar-refractivity contribution is 7.97. The predicted octanol–water partition coefficient (Wildman–Crippen LogP) is 1.95. The van der Waals surface area contributed by atoms with Gasteiger partial charge in [0.25, 0.3) is 5.56 Å². The summed E-state index contributed by atoms with van der Waals surface area (Å²) in [4.78, 5) is 18.1. The molecular weight excluding hydrogens is 409 g/mol. The Hall–Kier alpha value is -1.43. The number of ether oxygens (including phenoxy) is 2. The van der Waals surface area contributed by atoms with Crippen molar-refractivity contribution < 1.29 is 22.6 Å². The maximum absolute atomic E-state index is 13.8. The van der Waals surface area contributed by atoms with Crippen molar-refractivity contribution in [1.82, 2.24) is 9.29 Å². The Morgan fingerprint density at radius 2 is 2.07 bits per heavy atom. The molecule has 2 aliphatic heterocycles. The van der Waals surface area contributed by atoms with E-state index in [1.807, 2.05) is 11.8 Å². The normalized spacial score (nSPS) is 24.2. The van der Waals surface area contributed by atoms with Gasteiger partial charge in [0.15, 0.2) is 0 Å². The number of halogens is 3. The molecule has 7 nitrogen and oxygen atoms in total. The number of piperazine rings is 1. The van der Waals surface area contributed by atoms with E-state index in [9.17, 15) is 18.0 Å². The van der Waals surface area contributed by atoms with Crippen molar-refractivity contribution in [3.63, 3.8) is 0 Å². The number of morpholine rings is 1. The molecule has 0 spiro atoms. The van der Waals surface area contributed by atoms with Crippen LogP contribution in [0.2, 0.25) is 0 Å². The maximum Gasteiger partial charge on any atom is 0.410 e. The van der Waals surface area contributed by atoms with Crippen LogP contribution < -0.4 is 15.4 Å². The SMILES string of the molecule is COCCSN1CCN(c2cc(N3CCOCC3C)cc(=O)[nH]2)C(C(F)(F)F)C1. The van der Waals surface area contributed by atoms with Crippen molar-refractivity contribution in [1.29, 1.82) is 0 Å². The molecule has 0 bridgehead atoms. The molecule has 2 saturated heterocycles. The summed E-state index contributed by atoms with van der Waals surface area (Å²) in [7, 11) is 1.57. The Balaban J connectivity index is 1.83. The van der Waals surface area contributed by atoms with Crippen LogP contribution in [0.25, 0.3) is 0 Å². The molecular formula is C18H27F3N4O3S. The van der Waals surface area contributed by atoms with Crippen molar-refractivity contribution >= 4 is 23.5 Å². The van der Waals surface area contributed by atoms with Crippen molar-refractivity contribution in [2.24, 2.45) is 0 Å². The van der Waals surface area contributed by atoms with Crippen molar-refractivity contribution in [2.45, 2.75) is 25.2 Å². The summed E-state index contributed by atoms with van der Waals surface area (Å²) in [6, 6.07) is 1.44. The van der Waals surface area contributed by atoms with E-state index in [-0.39, 0.29) is 24.9 Å². The van der Waals surface area contributed by atoms with E-state index >= 15 is 0 Å². The topological polar surface area (TPSA) is 61.0 Å². The summed E-state index contributed by atoms with van der Waals surface area (Å²) in [6.45, 7) is 4.54.